The number of benzene rings is 1. The van der Waals surface area contributed by atoms with Crippen LogP contribution >= 0.6 is 0 Å². The van der Waals surface area contributed by atoms with E-state index in [0.29, 0.717) is 5.75 Å². The summed E-state index contributed by atoms with van der Waals surface area (Å²) in [5, 5.41) is 8.42. The maximum absolute atomic E-state index is 5.86. The second-order valence-corrected chi connectivity index (χ2v) is 5.62. The fourth-order valence-corrected chi connectivity index (χ4v) is 2.57. The Morgan fingerprint density at radius 3 is 2.84 bits per heavy atom. The van der Waals surface area contributed by atoms with Gasteiger partial charge in [0.05, 0.1) is 17.8 Å². The molecule has 124 valence electrons. The molecule has 0 aliphatic heterocycles. The first-order valence-corrected chi connectivity index (χ1v) is 7.79. The van der Waals surface area contributed by atoms with Crippen LogP contribution in [0.2, 0.25) is 0 Å². The summed E-state index contributed by atoms with van der Waals surface area (Å²) in [7, 11) is 1.85. The van der Waals surface area contributed by atoms with E-state index < -0.39 is 0 Å². The minimum Gasteiger partial charge on any atom is -0.455 e. The highest BCUT2D eigenvalue weighted by Crippen LogP contribution is 2.29. The number of nitrogens with zero attached hydrogens (tertiary/aromatic N) is 5. The quantitative estimate of drug-likeness (QED) is 0.615. The Kier molecular flexibility index (Phi) is 3.74. The number of fused-ring (bicyclic) bond motifs is 1. The van der Waals surface area contributed by atoms with E-state index in [4.69, 9.17) is 4.74 Å². The lowest BCUT2D eigenvalue weighted by molar-refractivity contribution is 0.476. The summed E-state index contributed by atoms with van der Waals surface area (Å²) < 4.78 is 7.58. The third-order valence-electron chi connectivity index (χ3n) is 3.83. The molecule has 0 spiro atoms. The van der Waals surface area contributed by atoms with E-state index in [0.717, 1.165) is 33.9 Å². The van der Waals surface area contributed by atoms with Crippen LogP contribution in [0.1, 0.15) is 5.56 Å². The fourth-order valence-electron chi connectivity index (χ4n) is 2.57. The highest BCUT2D eigenvalue weighted by atomic mass is 16.5. The van der Waals surface area contributed by atoms with Gasteiger partial charge >= 0.3 is 0 Å². The van der Waals surface area contributed by atoms with Crippen molar-refractivity contribution >= 4 is 22.5 Å². The molecule has 0 amide bonds. The maximum Gasteiger partial charge on any atom is 0.163 e. The van der Waals surface area contributed by atoms with Crippen LogP contribution in [-0.2, 0) is 7.05 Å². The van der Waals surface area contributed by atoms with Crippen molar-refractivity contribution in [2.24, 2.45) is 7.05 Å². The number of aryl methyl sites for hydroxylation is 2. The number of anilines is 2. The largest absolute Gasteiger partial charge is 0.455 e. The van der Waals surface area contributed by atoms with Gasteiger partial charge in [-0.2, -0.15) is 5.10 Å². The first-order valence-electron chi connectivity index (χ1n) is 7.79. The van der Waals surface area contributed by atoms with Gasteiger partial charge < -0.3 is 10.1 Å². The lowest BCUT2D eigenvalue weighted by atomic mass is 10.2. The summed E-state index contributed by atoms with van der Waals surface area (Å²) in [5.74, 6) is 2.21. The molecule has 25 heavy (non-hydrogen) atoms. The molecule has 1 aromatic carbocycles. The van der Waals surface area contributed by atoms with Crippen molar-refractivity contribution in [2.45, 2.75) is 6.92 Å². The van der Waals surface area contributed by atoms with Crippen molar-refractivity contribution in [2.75, 3.05) is 5.32 Å². The van der Waals surface area contributed by atoms with Crippen molar-refractivity contribution in [1.29, 1.82) is 0 Å². The third-order valence-corrected chi connectivity index (χ3v) is 3.83. The number of aromatic nitrogens is 5. The Morgan fingerprint density at radius 1 is 1.12 bits per heavy atom. The standard InChI is InChI=1S/C18H16N6O/c1-12-8-13(5-6-16(12)25-14-4-3-7-19-9-14)23-17-15-10-22-24(2)18(15)21-11-20-17/h3-11H,1-2H3,(H,20,21,23). The molecule has 0 atom stereocenters. The van der Waals surface area contributed by atoms with Crippen LogP contribution in [0.4, 0.5) is 11.5 Å². The molecule has 1 N–H and O–H groups in total. The maximum atomic E-state index is 5.86. The number of ether oxygens (including phenoxy) is 1. The van der Waals surface area contributed by atoms with E-state index in [1.165, 1.54) is 6.33 Å². The van der Waals surface area contributed by atoms with Crippen molar-refractivity contribution in [1.82, 2.24) is 24.7 Å². The molecule has 7 heteroatoms. The van der Waals surface area contributed by atoms with Gasteiger partial charge in [-0.1, -0.05) is 0 Å². The zero-order valence-corrected chi connectivity index (χ0v) is 13.8. The Balaban J connectivity index is 1.60. The first kappa shape index (κ1) is 15.1. The van der Waals surface area contributed by atoms with Gasteiger partial charge in [0.15, 0.2) is 5.65 Å². The molecule has 4 aromatic rings. The van der Waals surface area contributed by atoms with Gasteiger partial charge in [0.2, 0.25) is 0 Å². The van der Waals surface area contributed by atoms with Crippen LogP contribution in [0.15, 0.2) is 55.2 Å². The molecule has 0 saturated carbocycles. The number of pyridine rings is 1. The van der Waals surface area contributed by atoms with Gasteiger partial charge in [-0.25, -0.2) is 9.97 Å². The topological polar surface area (TPSA) is 77.8 Å². The summed E-state index contributed by atoms with van der Waals surface area (Å²) in [4.78, 5) is 12.6. The first-order chi connectivity index (χ1) is 12.2. The third kappa shape index (κ3) is 2.99. The molecule has 4 rings (SSSR count). The normalized spacial score (nSPS) is 10.8. The van der Waals surface area contributed by atoms with Crippen LogP contribution in [0.3, 0.4) is 0 Å². The zero-order chi connectivity index (χ0) is 17.2. The average molecular weight is 332 g/mol. The predicted octanol–water partition coefficient (Wildman–Crippen LogP) is 3.60. The molecule has 0 unspecified atom stereocenters. The molecule has 0 radical (unpaired) electrons. The van der Waals surface area contributed by atoms with E-state index in [9.17, 15) is 0 Å². The number of hydrogen-bond acceptors (Lipinski definition) is 6. The van der Waals surface area contributed by atoms with Crippen molar-refractivity contribution in [3.05, 3.63) is 60.8 Å². The molecule has 0 bridgehead atoms. The monoisotopic (exact) mass is 332 g/mol. The van der Waals surface area contributed by atoms with Gasteiger partial charge in [0.25, 0.3) is 0 Å². The van der Waals surface area contributed by atoms with Crippen LogP contribution in [-0.4, -0.2) is 24.7 Å². The summed E-state index contributed by atoms with van der Waals surface area (Å²) in [6.07, 6.45) is 6.68. The Hall–Kier alpha value is -3.48. The molecular weight excluding hydrogens is 316 g/mol. The van der Waals surface area contributed by atoms with Gasteiger partial charge in [-0.15, -0.1) is 0 Å². The second kappa shape index (κ2) is 6.20. The van der Waals surface area contributed by atoms with Gasteiger partial charge in [-0.3, -0.25) is 9.67 Å². The molecular formula is C18H16N6O. The van der Waals surface area contributed by atoms with Crippen LogP contribution < -0.4 is 10.1 Å². The van der Waals surface area contributed by atoms with Crippen LogP contribution in [0.25, 0.3) is 11.0 Å². The summed E-state index contributed by atoms with van der Waals surface area (Å²) in [6.45, 7) is 2.00. The van der Waals surface area contributed by atoms with E-state index in [2.05, 4.69) is 25.4 Å². The summed E-state index contributed by atoms with van der Waals surface area (Å²) in [6, 6.07) is 9.60. The molecule has 0 fully saturated rings. The minimum atomic E-state index is 0.708. The summed E-state index contributed by atoms with van der Waals surface area (Å²) in [5.41, 5.74) is 2.70. The van der Waals surface area contributed by atoms with E-state index in [1.807, 2.05) is 44.3 Å². The Morgan fingerprint density at radius 2 is 2.04 bits per heavy atom. The molecule has 7 nitrogen and oxygen atoms in total. The second-order valence-electron chi connectivity index (χ2n) is 5.62. The lowest BCUT2D eigenvalue weighted by Crippen LogP contribution is -1.98. The molecule has 0 saturated heterocycles. The molecule has 0 aliphatic rings. The van der Waals surface area contributed by atoms with Gasteiger partial charge in [0, 0.05) is 18.9 Å². The van der Waals surface area contributed by atoms with Gasteiger partial charge in [-0.05, 0) is 42.8 Å². The van der Waals surface area contributed by atoms with Crippen LogP contribution in [0.5, 0.6) is 11.5 Å². The SMILES string of the molecule is Cc1cc(Nc2ncnc3c2cnn3C)ccc1Oc1cccnc1. The Bertz CT molecular complexity index is 1030. The van der Waals surface area contributed by atoms with Crippen LogP contribution in [0, 0.1) is 6.92 Å². The lowest BCUT2D eigenvalue weighted by Gasteiger charge is -2.11. The highest BCUT2D eigenvalue weighted by molar-refractivity contribution is 5.88. The Labute approximate surface area is 144 Å². The molecule has 0 aliphatic carbocycles. The predicted molar refractivity (Wildman–Crippen MR) is 95.1 cm³/mol. The van der Waals surface area contributed by atoms with Crippen molar-refractivity contribution in [3.8, 4) is 11.5 Å². The van der Waals surface area contributed by atoms with Gasteiger partial charge in [0.1, 0.15) is 23.6 Å². The molecule has 3 aromatic heterocycles. The molecule has 3 heterocycles. The highest BCUT2D eigenvalue weighted by Gasteiger charge is 2.09. The number of rotatable bonds is 4. The zero-order valence-electron chi connectivity index (χ0n) is 13.8. The summed E-state index contributed by atoms with van der Waals surface area (Å²) >= 11 is 0. The van der Waals surface area contributed by atoms with E-state index in [-0.39, 0.29) is 0 Å². The van der Waals surface area contributed by atoms with Crippen molar-refractivity contribution < 1.29 is 4.74 Å². The number of nitrogens with one attached hydrogen (secondary N) is 1. The number of hydrogen-bond donors (Lipinski definition) is 1. The fraction of sp³-hybridized carbons (Fsp3) is 0.111. The average Bonchev–Trinajstić information content (AvgIpc) is 3.01. The van der Waals surface area contributed by atoms with E-state index >= 15 is 0 Å². The van der Waals surface area contributed by atoms with Crippen molar-refractivity contribution in [3.63, 3.8) is 0 Å². The minimum absolute atomic E-state index is 0.708. The van der Waals surface area contributed by atoms with E-state index in [1.54, 1.807) is 23.3 Å². The smallest absolute Gasteiger partial charge is 0.163 e.